The third-order valence-electron chi connectivity index (χ3n) is 5.64. The molecule has 7 heteroatoms. The predicted molar refractivity (Wildman–Crippen MR) is 124 cm³/mol. The van der Waals surface area contributed by atoms with Crippen LogP contribution >= 0.6 is 11.8 Å². The van der Waals surface area contributed by atoms with Gasteiger partial charge in [-0.3, -0.25) is 0 Å². The van der Waals surface area contributed by atoms with Crippen molar-refractivity contribution in [2.75, 3.05) is 31.2 Å². The third-order valence-corrected chi connectivity index (χ3v) is 6.81. The van der Waals surface area contributed by atoms with E-state index in [0.717, 1.165) is 51.0 Å². The van der Waals surface area contributed by atoms with Gasteiger partial charge in [0.2, 0.25) is 0 Å². The lowest BCUT2D eigenvalue weighted by atomic mass is 10.1. The number of morpholine rings is 1. The van der Waals surface area contributed by atoms with Gasteiger partial charge in [-0.25, -0.2) is 0 Å². The Morgan fingerprint density at radius 3 is 2.42 bits per heavy atom. The van der Waals surface area contributed by atoms with Crippen LogP contribution in [-0.4, -0.2) is 46.2 Å². The Hall–Kier alpha value is -3.03. The lowest BCUT2D eigenvalue weighted by Crippen LogP contribution is -2.36. The minimum Gasteiger partial charge on any atom is -0.507 e. The summed E-state index contributed by atoms with van der Waals surface area (Å²) in [5.74, 6) is 1.06. The second-order valence-electron chi connectivity index (χ2n) is 7.72. The lowest BCUT2D eigenvalue weighted by Gasteiger charge is -2.30. The number of aromatic nitrogens is 3. The number of nitrogens with zero attached hydrogens (tertiary/aromatic N) is 4. The molecule has 4 aromatic rings. The van der Waals surface area contributed by atoms with Gasteiger partial charge in [-0.1, -0.05) is 54.1 Å². The topological polar surface area (TPSA) is 63.4 Å². The summed E-state index contributed by atoms with van der Waals surface area (Å²) in [5.41, 5.74) is 3.26. The molecule has 3 aromatic carbocycles. The summed E-state index contributed by atoms with van der Waals surface area (Å²) in [6, 6.07) is 18.3. The number of phenolic OH excluding ortho intramolecular Hbond substituents is 1. The Morgan fingerprint density at radius 1 is 0.968 bits per heavy atom. The van der Waals surface area contributed by atoms with Crippen LogP contribution in [0.3, 0.4) is 0 Å². The molecule has 158 valence electrons. The molecule has 0 bridgehead atoms. The summed E-state index contributed by atoms with van der Waals surface area (Å²) in [5, 5.41) is 22.7. The molecule has 31 heavy (non-hydrogen) atoms. The lowest BCUT2D eigenvalue weighted by molar-refractivity contribution is 0.123. The smallest absolute Gasteiger partial charge is 0.196 e. The van der Waals surface area contributed by atoms with E-state index >= 15 is 0 Å². The Balaban J connectivity index is 1.54. The average molecular weight is 433 g/mol. The number of fused-ring (bicyclic) bond motifs is 1. The van der Waals surface area contributed by atoms with E-state index in [-0.39, 0.29) is 5.75 Å². The monoisotopic (exact) mass is 432 g/mol. The van der Waals surface area contributed by atoms with E-state index in [1.807, 2.05) is 29.8 Å². The zero-order valence-corrected chi connectivity index (χ0v) is 18.4. The van der Waals surface area contributed by atoms with Crippen LogP contribution in [0.2, 0.25) is 0 Å². The van der Waals surface area contributed by atoms with Crippen LogP contribution in [0.5, 0.6) is 5.75 Å². The fraction of sp³-hybridized carbons (Fsp3) is 0.250. The Bertz CT molecular complexity index is 1230. The fourth-order valence-corrected chi connectivity index (χ4v) is 4.88. The van der Waals surface area contributed by atoms with Crippen molar-refractivity contribution in [3.05, 3.63) is 60.2 Å². The minimum absolute atomic E-state index is 0.255. The Kier molecular flexibility index (Phi) is 5.29. The van der Waals surface area contributed by atoms with E-state index in [9.17, 15) is 5.11 Å². The van der Waals surface area contributed by atoms with Crippen LogP contribution in [0, 0.1) is 6.92 Å². The molecule has 0 atom stereocenters. The van der Waals surface area contributed by atoms with E-state index in [1.165, 1.54) is 17.3 Å². The zero-order valence-electron chi connectivity index (χ0n) is 17.6. The van der Waals surface area contributed by atoms with Crippen LogP contribution in [-0.2, 0) is 11.8 Å². The Morgan fingerprint density at radius 2 is 1.68 bits per heavy atom. The summed E-state index contributed by atoms with van der Waals surface area (Å²) < 4.78 is 7.47. The Labute approximate surface area is 185 Å². The second-order valence-corrected chi connectivity index (χ2v) is 8.70. The molecule has 1 fully saturated rings. The van der Waals surface area contributed by atoms with Crippen LogP contribution in [0.1, 0.15) is 5.56 Å². The molecule has 1 saturated heterocycles. The molecule has 0 spiro atoms. The molecule has 0 unspecified atom stereocenters. The highest BCUT2D eigenvalue weighted by molar-refractivity contribution is 7.99. The summed E-state index contributed by atoms with van der Waals surface area (Å²) in [4.78, 5) is 3.07. The normalized spacial score (nSPS) is 14.3. The molecule has 1 aromatic heterocycles. The number of aryl methyl sites for hydroxylation is 1. The SMILES string of the molecule is Cc1ccc(-c2nnc(Sc3c(O)cc(N4CCOCC4)c4ccccc34)n2C)cc1. The maximum absolute atomic E-state index is 11.0. The largest absolute Gasteiger partial charge is 0.507 e. The molecular weight excluding hydrogens is 408 g/mol. The standard InChI is InChI=1S/C24H24N4O2S/c1-16-7-9-17(10-8-16)23-25-26-24(27(23)2)31-22-19-6-4-3-5-18(19)20(15-21(22)29)28-11-13-30-14-12-28/h3-10,15,29H,11-14H2,1-2H3. The van der Waals surface area contributed by atoms with Crippen LogP contribution in [0.25, 0.3) is 22.2 Å². The van der Waals surface area contributed by atoms with Crippen molar-refractivity contribution in [2.24, 2.45) is 7.05 Å². The molecule has 1 aliphatic rings. The van der Waals surface area contributed by atoms with E-state index in [1.54, 1.807) is 0 Å². The first-order valence-corrected chi connectivity index (χ1v) is 11.1. The number of ether oxygens (including phenoxy) is 1. The summed E-state index contributed by atoms with van der Waals surface area (Å²) >= 11 is 1.44. The molecule has 5 rings (SSSR count). The van der Waals surface area contributed by atoms with Gasteiger partial charge in [-0.2, -0.15) is 0 Å². The molecule has 0 radical (unpaired) electrons. The predicted octanol–water partition coefficient (Wildman–Crippen LogP) is 4.64. The van der Waals surface area contributed by atoms with Crippen molar-refractivity contribution in [3.8, 4) is 17.1 Å². The zero-order chi connectivity index (χ0) is 21.4. The first-order valence-electron chi connectivity index (χ1n) is 10.3. The number of phenols is 1. The molecule has 0 amide bonds. The van der Waals surface area contributed by atoms with Crippen molar-refractivity contribution in [2.45, 2.75) is 17.0 Å². The highest BCUT2D eigenvalue weighted by atomic mass is 32.2. The van der Waals surface area contributed by atoms with Crippen molar-refractivity contribution in [1.29, 1.82) is 0 Å². The van der Waals surface area contributed by atoms with Gasteiger partial charge in [0.05, 0.1) is 18.1 Å². The number of hydrogen-bond acceptors (Lipinski definition) is 6. The van der Waals surface area contributed by atoms with Gasteiger partial charge in [-0.15, -0.1) is 10.2 Å². The molecule has 6 nitrogen and oxygen atoms in total. The van der Waals surface area contributed by atoms with Gasteiger partial charge in [-0.05, 0) is 18.7 Å². The summed E-state index contributed by atoms with van der Waals surface area (Å²) in [6.45, 7) is 5.10. The fourth-order valence-electron chi connectivity index (χ4n) is 3.94. The highest BCUT2D eigenvalue weighted by Crippen LogP contribution is 2.44. The van der Waals surface area contributed by atoms with Crippen molar-refractivity contribution in [1.82, 2.24) is 14.8 Å². The highest BCUT2D eigenvalue weighted by Gasteiger charge is 2.20. The molecule has 0 saturated carbocycles. The van der Waals surface area contributed by atoms with Gasteiger partial charge in [0.25, 0.3) is 0 Å². The first kappa shape index (κ1) is 19.9. The first-order chi connectivity index (χ1) is 15.1. The van der Waals surface area contributed by atoms with E-state index in [4.69, 9.17) is 4.74 Å². The van der Waals surface area contributed by atoms with Crippen LogP contribution < -0.4 is 4.90 Å². The molecule has 1 N–H and O–H groups in total. The molecule has 2 heterocycles. The van der Waals surface area contributed by atoms with Crippen molar-refractivity contribution in [3.63, 3.8) is 0 Å². The number of hydrogen-bond donors (Lipinski definition) is 1. The van der Waals surface area contributed by atoms with Crippen molar-refractivity contribution < 1.29 is 9.84 Å². The average Bonchev–Trinajstić information content (AvgIpc) is 3.16. The maximum Gasteiger partial charge on any atom is 0.196 e. The summed E-state index contributed by atoms with van der Waals surface area (Å²) in [6.07, 6.45) is 0. The number of benzene rings is 3. The molecule has 0 aliphatic carbocycles. The molecular formula is C24H24N4O2S. The van der Waals surface area contributed by atoms with E-state index in [2.05, 4.69) is 58.4 Å². The van der Waals surface area contributed by atoms with Crippen molar-refractivity contribution >= 4 is 28.2 Å². The van der Waals surface area contributed by atoms with E-state index in [0.29, 0.717) is 13.2 Å². The van der Waals surface area contributed by atoms with Gasteiger partial charge in [0, 0.05) is 48.2 Å². The van der Waals surface area contributed by atoms with Crippen LogP contribution in [0.4, 0.5) is 5.69 Å². The van der Waals surface area contributed by atoms with Gasteiger partial charge >= 0.3 is 0 Å². The second kappa shape index (κ2) is 8.24. The maximum atomic E-state index is 11.0. The third kappa shape index (κ3) is 3.75. The van der Waals surface area contributed by atoms with Gasteiger partial charge in [0.15, 0.2) is 11.0 Å². The van der Waals surface area contributed by atoms with Gasteiger partial charge in [0.1, 0.15) is 5.75 Å². The number of aromatic hydroxyl groups is 1. The quantitative estimate of drug-likeness (QED) is 0.507. The van der Waals surface area contributed by atoms with E-state index < -0.39 is 0 Å². The van der Waals surface area contributed by atoms with Gasteiger partial charge < -0.3 is 19.3 Å². The van der Waals surface area contributed by atoms with Crippen LogP contribution in [0.15, 0.2) is 64.6 Å². The molecule has 1 aliphatic heterocycles. The number of anilines is 1. The summed E-state index contributed by atoms with van der Waals surface area (Å²) in [7, 11) is 1.96. The number of rotatable bonds is 4. The minimum atomic E-state index is 0.255.